The highest BCUT2D eigenvalue weighted by Gasteiger charge is 2.30. The number of carbonyl (C=O) groups excluding carboxylic acids is 2. The van der Waals surface area contributed by atoms with Crippen LogP contribution in [0, 0.1) is 6.92 Å². The van der Waals surface area contributed by atoms with Crippen molar-refractivity contribution in [3.05, 3.63) is 47.2 Å². The molecule has 2 rings (SSSR count). The summed E-state index contributed by atoms with van der Waals surface area (Å²) >= 11 is 0. The number of benzene rings is 1. The Morgan fingerprint density at radius 3 is 2.36 bits per heavy atom. The Hall–Kier alpha value is -2.84. The Morgan fingerprint density at radius 2 is 1.88 bits per heavy atom. The molecular weight excluding hydrogens is 339 g/mol. The molecule has 2 aromatic rings. The number of anilines is 1. The van der Waals surface area contributed by atoms with E-state index in [0.29, 0.717) is 11.6 Å². The number of amides is 2. The SMILES string of the molecule is CC(=O)N(CCNC(=O)c1ccc(C(F)(F)F)cc1)c1cc(C)on1. The molecule has 0 saturated heterocycles. The molecule has 6 nitrogen and oxygen atoms in total. The molecule has 25 heavy (non-hydrogen) atoms. The van der Waals surface area contributed by atoms with Crippen LogP contribution in [0.3, 0.4) is 0 Å². The van der Waals surface area contributed by atoms with Crippen LogP contribution in [0.4, 0.5) is 19.0 Å². The lowest BCUT2D eigenvalue weighted by atomic mass is 10.1. The molecule has 0 radical (unpaired) electrons. The number of hydrogen-bond donors (Lipinski definition) is 1. The lowest BCUT2D eigenvalue weighted by Crippen LogP contribution is -2.37. The van der Waals surface area contributed by atoms with E-state index in [1.807, 2.05) is 0 Å². The van der Waals surface area contributed by atoms with Crippen molar-refractivity contribution in [3.63, 3.8) is 0 Å². The summed E-state index contributed by atoms with van der Waals surface area (Å²) in [6, 6.07) is 5.47. The molecule has 0 bridgehead atoms. The van der Waals surface area contributed by atoms with Gasteiger partial charge in [0.15, 0.2) is 5.82 Å². The van der Waals surface area contributed by atoms with Crippen molar-refractivity contribution in [1.82, 2.24) is 10.5 Å². The van der Waals surface area contributed by atoms with Gasteiger partial charge in [0.05, 0.1) is 5.56 Å². The molecule has 9 heteroatoms. The molecule has 0 aliphatic carbocycles. The van der Waals surface area contributed by atoms with Gasteiger partial charge in [0.1, 0.15) is 5.76 Å². The molecule has 1 aromatic carbocycles. The van der Waals surface area contributed by atoms with Crippen LogP contribution >= 0.6 is 0 Å². The van der Waals surface area contributed by atoms with Gasteiger partial charge in [0.2, 0.25) is 5.91 Å². The molecule has 134 valence electrons. The predicted molar refractivity (Wildman–Crippen MR) is 83.0 cm³/mol. The summed E-state index contributed by atoms with van der Waals surface area (Å²) in [7, 11) is 0. The minimum atomic E-state index is -4.45. The lowest BCUT2D eigenvalue weighted by Gasteiger charge is -2.17. The van der Waals surface area contributed by atoms with Gasteiger partial charge in [0, 0.05) is 31.6 Å². The van der Waals surface area contributed by atoms with Crippen LogP contribution in [0.1, 0.15) is 28.6 Å². The number of alkyl halides is 3. The average molecular weight is 355 g/mol. The number of halogens is 3. The fourth-order valence-corrected chi connectivity index (χ4v) is 2.11. The number of nitrogens with zero attached hydrogens (tertiary/aromatic N) is 2. The van der Waals surface area contributed by atoms with Crippen LogP contribution in [0.15, 0.2) is 34.9 Å². The largest absolute Gasteiger partial charge is 0.416 e. The predicted octanol–water partition coefficient (Wildman–Crippen LogP) is 2.78. The van der Waals surface area contributed by atoms with Gasteiger partial charge in [-0.25, -0.2) is 0 Å². The van der Waals surface area contributed by atoms with Gasteiger partial charge in [-0.05, 0) is 31.2 Å². The molecule has 0 aliphatic rings. The first-order valence-corrected chi connectivity index (χ1v) is 7.35. The van der Waals surface area contributed by atoms with E-state index < -0.39 is 17.6 Å². The van der Waals surface area contributed by atoms with Crippen molar-refractivity contribution in [3.8, 4) is 0 Å². The maximum absolute atomic E-state index is 12.5. The van der Waals surface area contributed by atoms with E-state index in [-0.39, 0.29) is 24.6 Å². The molecule has 1 aromatic heterocycles. The number of carbonyl (C=O) groups is 2. The maximum atomic E-state index is 12.5. The molecule has 2 amide bonds. The van der Waals surface area contributed by atoms with Gasteiger partial charge < -0.3 is 9.84 Å². The Kier molecular flexibility index (Phi) is 5.45. The van der Waals surface area contributed by atoms with Crippen LogP contribution < -0.4 is 10.2 Å². The van der Waals surface area contributed by atoms with Crippen LogP contribution in [-0.2, 0) is 11.0 Å². The summed E-state index contributed by atoms with van der Waals surface area (Å²) in [6.45, 7) is 3.28. The monoisotopic (exact) mass is 355 g/mol. The second-order valence-electron chi connectivity index (χ2n) is 5.30. The van der Waals surface area contributed by atoms with Crippen molar-refractivity contribution < 1.29 is 27.3 Å². The molecule has 0 unspecified atom stereocenters. The van der Waals surface area contributed by atoms with Gasteiger partial charge in [0.25, 0.3) is 5.91 Å². The second kappa shape index (κ2) is 7.37. The van der Waals surface area contributed by atoms with Crippen molar-refractivity contribution in [2.75, 3.05) is 18.0 Å². The summed E-state index contributed by atoms with van der Waals surface area (Å²) in [5, 5.41) is 6.28. The fourth-order valence-electron chi connectivity index (χ4n) is 2.11. The third kappa shape index (κ3) is 4.82. The van der Waals surface area contributed by atoms with Gasteiger partial charge >= 0.3 is 6.18 Å². The van der Waals surface area contributed by atoms with Gasteiger partial charge in [-0.1, -0.05) is 5.16 Å². The average Bonchev–Trinajstić information content (AvgIpc) is 2.96. The minimum absolute atomic E-state index is 0.0969. The van der Waals surface area contributed by atoms with Crippen LogP contribution in [0.5, 0.6) is 0 Å². The normalized spacial score (nSPS) is 11.2. The van der Waals surface area contributed by atoms with Crippen LogP contribution in [-0.4, -0.2) is 30.1 Å². The van der Waals surface area contributed by atoms with E-state index in [1.165, 1.54) is 11.8 Å². The van der Waals surface area contributed by atoms with Crippen molar-refractivity contribution in [2.24, 2.45) is 0 Å². The van der Waals surface area contributed by atoms with Crippen LogP contribution in [0.25, 0.3) is 0 Å². The number of aryl methyl sites for hydroxylation is 1. The summed E-state index contributed by atoms with van der Waals surface area (Å²) in [6.07, 6.45) is -4.45. The third-order valence-corrected chi connectivity index (χ3v) is 3.37. The summed E-state index contributed by atoms with van der Waals surface area (Å²) in [5.74, 6) is 0.0504. The van der Waals surface area contributed by atoms with Crippen LogP contribution in [0.2, 0.25) is 0 Å². The van der Waals surface area contributed by atoms with E-state index in [2.05, 4.69) is 10.5 Å². The van der Waals surface area contributed by atoms with E-state index in [0.717, 1.165) is 24.3 Å². The number of hydrogen-bond acceptors (Lipinski definition) is 4. The second-order valence-corrected chi connectivity index (χ2v) is 5.30. The highest BCUT2D eigenvalue weighted by atomic mass is 19.4. The Morgan fingerprint density at radius 1 is 1.24 bits per heavy atom. The minimum Gasteiger partial charge on any atom is -0.360 e. The standard InChI is InChI=1S/C16H16F3N3O3/c1-10-9-14(21-25-10)22(11(2)23)8-7-20-15(24)12-3-5-13(6-4-12)16(17,18)19/h3-6,9H,7-8H2,1-2H3,(H,20,24). The van der Waals surface area contributed by atoms with Crippen molar-refractivity contribution in [1.29, 1.82) is 0 Å². The summed E-state index contributed by atoms with van der Waals surface area (Å²) in [4.78, 5) is 24.9. The lowest BCUT2D eigenvalue weighted by molar-refractivity contribution is -0.137. The molecule has 0 fully saturated rings. The topological polar surface area (TPSA) is 75.4 Å². The fraction of sp³-hybridized carbons (Fsp3) is 0.312. The molecule has 1 N–H and O–H groups in total. The first-order valence-electron chi connectivity index (χ1n) is 7.35. The smallest absolute Gasteiger partial charge is 0.360 e. The third-order valence-electron chi connectivity index (χ3n) is 3.37. The molecule has 1 heterocycles. The quantitative estimate of drug-likeness (QED) is 0.895. The van der Waals surface area contributed by atoms with E-state index in [1.54, 1.807) is 13.0 Å². The number of nitrogens with one attached hydrogen (secondary N) is 1. The first kappa shape index (κ1) is 18.5. The highest BCUT2D eigenvalue weighted by molar-refractivity contribution is 5.94. The first-order chi connectivity index (χ1) is 11.7. The highest BCUT2D eigenvalue weighted by Crippen LogP contribution is 2.29. The Balaban J connectivity index is 1.94. The van der Waals surface area contributed by atoms with Gasteiger partial charge in [-0.3, -0.25) is 14.5 Å². The van der Waals surface area contributed by atoms with Gasteiger partial charge in [-0.2, -0.15) is 13.2 Å². The summed E-state index contributed by atoms with van der Waals surface area (Å²) in [5.41, 5.74) is -0.729. The zero-order chi connectivity index (χ0) is 18.6. The molecule has 0 spiro atoms. The number of rotatable bonds is 5. The molecular formula is C16H16F3N3O3. The van der Waals surface area contributed by atoms with E-state index >= 15 is 0 Å². The zero-order valence-electron chi connectivity index (χ0n) is 13.6. The van der Waals surface area contributed by atoms with Crippen molar-refractivity contribution in [2.45, 2.75) is 20.0 Å². The van der Waals surface area contributed by atoms with Gasteiger partial charge in [-0.15, -0.1) is 0 Å². The molecule has 0 saturated carbocycles. The Labute approximate surface area is 141 Å². The maximum Gasteiger partial charge on any atom is 0.416 e. The summed E-state index contributed by atoms with van der Waals surface area (Å²) < 4.78 is 42.4. The van der Waals surface area contributed by atoms with E-state index in [9.17, 15) is 22.8 Å². The Bertz CT molecular complexity index is 754. The number of aromatic nitrogens is 1. The van der Waals surface area contributed by atoms with Crippen molar-refractivity contribution >= 4 is 17.6 Å². The molecule has 0 atom stereocenters. The van der Waals surface area contributed by atoms with E-state index in [4.69, 9.17) is 4.52 Å². The zero-order valence-corrected chi connectivity index (χ0v) is 13.6. The molecule has 0 aliphatic heterocycles.